The summed E-state index contributed by atoms with van der Waals surface area (Å²) >= 11 is 6.04. The molecule has 202 valence electrons. The molecule has 2 aromatic carbocycles. The topological polar surface area (TPSA) is 88.1 Å². The fourth-order valence-corrected chi connectivity index (χ4v) is 4.52. The third kappa shape index (κ3) is 8.98. The maximum absolute atomic E-state index is 14.3. The number of hydrogen-bond donors (Lipinski definition) is 2. The van der Waals surface area contributed by atoms with E-state index in [1.807, 2.05) is 17.0 Å². The van der Waals surface area contributed by atoms with E-state index in [0.717, 1.165) is 5.56 Å². The third-order valence-corrected chi connectivity index (χ3v) is 6.24. The summed E-state index contributed by atoms with van der Waals surface area (Å²) < 4.78 is 25.1. The van der Waals surface area contributed by atoms with Gasteiger partial charge in [0, 0.05) is 36.3 Å². The molecule has 1 fully saturated rings. The lowest BCUT2D eigenvalue weighted by molar-refractivity contribution is -0.150. The molecule has 0 unspecified atom stereocenters. The number of hydrogen-bond acceptors (Lipinski definition) is 6. The van der Waals surface area contributed by atoms with Crippen molar-refractivity contribution >= 4 is 23.7 Å². The van der Waals surface area contributed by atoms with Gasteiger partial charge >= 0.3 is 12.1 Å². The summed E-state index contributed by atoms with van der Waals surface area (Å²) in [5, 5.41) is 13.0. The van der Waals surface area contributed by atoms with Crippen LogP contribution in [0.2, 0.25) is 5.02 Å². The molecule has 9 heteroatoms. The summed E-state index contributed by atoms with van der Waals surface area (Å²) in [6.45, 7) is 8.79. The Kier molecular flexibility index (Phi) is 9.93. The van der Waals surface area contributed by atoms with Crippen LogP contribution in [0, 0.1) is 11.7 Å². The number of amides is 1. The highest BCUT2D eigenvalue weighted by Crippen LogP contribution is 2.27. The van der Waals surface area contributed by atoms with Crippen molar-refractivity contribution in [3.63, 3.8) is 0 Å². The maximum atomic E-state index is 14.3. The SMILES string of the molecule is CCOC(=O)[C@@H](C[C@@H](Cc1ccc(-c2cc(Cl)ccc2F)cc1)NC(=O)OC(C)(C)C)CN1CC(O)C1. The van der Waals surface area contributed by atoms with Crippen LogP contribution in [-0.4, -0.2) is 66.1 Å². The molecule has 2 N–H and O–H groups in total. The summed E-state index contributed by atoms with van der Waals surface area (Å²) in [5.41, 5.74) is 1.31. The van der Waals surface area contributed by atoms with Gasteiger partial charge in [-0.1, -0.05) is 35.9 Å². The zero-order valence-electron chi connectivity index (χ0n) is 21.8. The van der Waals surface area contributed by atoms with Gasteiger partial charge in [0.2, 0.25) is 0 Å². The number of halogens is 2. The first-order valence-corrected chi connectivity index (χ1v) is 12.9. The third-order valence-electron chi connectivity index (χ3n) is 6.00. The Morgan fingerprint density at radius 3 is 2.46 bits per heavy atom. The lowest BCUT2D eigenvalue weighted by Gasteiger charge is -2.38. The van der Waals surface area contributed by atoms with Gasteiger partial charge in [-0.2, -0.15) is 0 Å². The van der Waals surface area contributed by atoms with Crippen LogP contribution in [0.1, 0.15) is 39.7 Å². The molecule has 1 aliphatic heterocycles. The Morgan fingerprint density at radius 2 is 1.86 bits per heavy atom. The van der Waals surface area contributed by atoms with Crippen molar-refractivity contribution in [1.82, 2.24) is 10.2 Å². The summed E-state index contributed by atoms with van der Waals surface area (Å²) in [7, 11) is 0. The summed E-state index contributed by atoms with van der Waals surface area (Å²) in [4.78, 5) is 27.4. The molecule has 0 radical (unpaired) electrons. The van der Waals surface area contributed by atoms with E-state index in [4.69, 9.17) is 21.1 Å². The number of aliphatic hydroxyl groups excluding tert-OH is 1. The van der Waals surface area contributed by atoms with E-state index in [-0.39, 0.29) is 24.5 Å². The van der Waals surface area contributed by atoms with Crippen LogP contribution in [0.4, 0.5) is 9.18 Å². The number of nitrogens with one attached hydrogen (secondary N) is 1. The van der Waals surface area contributed by atoms with Crippen LogP contribution < -0.4 is 5.32 Å². The number of likely N-dealkylation sites (tertiary alicyclic amines) is 1. The Balaban J connectivity index is 1.78. The summed E-state index contributed by atoms with van der Waals surface area (Å²) in [5.74, 6) is -1.20. The normalized spacial score (nSPS) is 16.0. The number of carbonyl (C=O) groups excluding carboxylic acids is 2. The summed E-state index contributed by atoms with van der Waals surface area (Å²) in [6, 6.07) is 11.3. The number of alkyl carbamates (subject to hydrolysis) is 1. The summed E-state index contributed by atoms with van der Waals surface area (Å²) in [6.07, 6.45) is -0.204. The van der Waals surface area contributed by atoms with Gasteiger partial charge < -0.3 is 19.9 Å². The number of ether oxygens (including phenoxy) is 2. The average Bonchev–Trinajstić information content (AvgIpc) is 2.78. The molecule has 1 heterocycles. The zero-order chi connectivity index (χ0) is 27.2. The van der Waals surface area contributed by atoms with Crippen molar-refractivity contribution in [2.24, 2.45) is 5.92 Å². The molecule has 0 bridgehead atoms. The number of β-amino-alcohol motifs (C(OH)–C–C–N with tert-alkyl or cyclic N) is 1. The lowest BCUT2D eigenvalue weighted by atomic mass is 9.92. The minimum atomic E-state index is -0.675. The van der Waals surface area contributed by atoms with Crippen molar-refractivity contribution in [3.05, 3.63) is 58.9 Å². The first kappa shape index (κ1) is 28.9. The smallest absolute Gasteiger partial charge is 0.407 e. The molecule has 37 heavy (non-hydrogen) atoms. The molecule has 0 aromatic heterocycles. The van der Waals surface area contributed by atoms with Crippen LogP contribution in [0.15, 0.2) is 42.5 Å². The fraction of sp³-hybridized carbons (Fsp3) is 0.500. The molecule has 1 aliphatic rings. The van der Waals surface area contributed by atoms with Gasteiger partial charge in [-0.05, 0) is 69.9 Å². The van der Waals surface area contributed by atoms with Crippen LogP contribution in [0.3, 0.4) is 0 Å². The second-order valence-corrected chi connectivity index (χ2v) is 10.9. The Labute approximate surface area is 222 Å². The van der Waals surface area contributed by atoms with E-state index in [2.05, 4.69) is 5.32 Å². The number of esters is 1. The van der Waals surface area contributed by atoms with Crippen molar-refractivity contribution in [2.45, 2.75) is 58.3 Å². The standard InChI is InChI=1S/C28H36ClFN2O5/c1-5-36-26(34)20(15-32-16-23(33)17-32)13-22(31-27(35)37-28(2,3)4)12-18-6-8-19(9-7-18)24-14-21(29)10-11-25(24)30/h6-11,14,20,22-23,33H,5,12-13,15-17H2,1-4H3,(H,31,35)/t20-,22+/m0/s1. The molecule has 3 rings (SSSR count). The highest BCUT2D eigenvalue weighted by atomic mass is 35.5. The number of benzene rings is 2. The monoisotopic (exact) mass is 534 g/mol. The predicted molar refractivity (Wildman–Crippen MR) is 141 cm³/mol. The molecule has 0 saturated carbocycles. The Morgan fingerprint density at radius 1 is 1.19 bits per heavy atom. The molecule has 0 aliphatic carbocycles. The maximum Gasteiger partial charge on any atom is 0.407 e. The van der Waals surface area contributed by atoms with Gasteiger partial charge in [0.05, 0.1) is 18.6 Å². The van der Waals surface area contributed by atoms with E-state index >= 15 is 0 Å². The first-order valence-electron chi connectivity index (χ1n) is 12.5. The largest absolute Gasteiger partial charge is 0.466 e. The highest BCUT2D eigenvalue weighted by Gasteiger charge is 2.33. The van der Waals surface area contributed by atoms with Crippen molar-refractivity contribution in [2.75, 3.05) is 26.2 Å². The van der Waals surface area contributed by atoms with Crippen molar-refractivity contribution in [1.29, 1.82) is 0 Å². The van der Waals surface area contributed by atoms with Crippen molar-refractivity contribution in [3.8, 4) is 11.1 Å². The molecule has 7 nitrogen and oxygen atoms in total. The van der Waals surface area contributed by atoms with E-state index in [0.29, 0.717) is 48.6 Å². The minimum Gasteiger partial charge on any atom is -0.466 e. The van der Waals surface area contributed by atoms with E-state index in [1.165, 1.54) is 12.1 Å². The Hall–Kier alpha value is -2.68. The van der Waals surface area contributed by atoms with Crippen molar-refractivity contribution < 1.29 is 28.6 Å². The number of rotatable bonds is 10. The molecular formula is C28H36ClFN2O5. The molecule has 1 amide bonds. The van der Waals surface area contributed by atoms with Gasteiger partial charge in [0.25, 0.3) is 0 Å². The predicted octanol–water partition coefficient (Wildman–Crippen LogP) is 4.83. The van der Waals surface area contributed by atoms with Crippen LogP contribution in [0.5, 0.6) is 0 Å². The molecule has 2 aromatic rings. The Bertz CT molecular complexity index is 1070. The zero-order valence-corrected chi connectivity index (χ0v) is 22.6. The van der Waals surface area contributed by atoms with Gasteiger partial charge in [-0.25, -0.2) is 9.18 Å². The van der Waals surface area contributed by atoms with Gasteiger partial charge in [0.1, 0.15) is 11.4 Å². The molecular weight excluding hydrogens is 499 g/mol. The van der Waals surface area contributed by atoms with Gasteiger partial charge in [0.15, 0.2) is 0 Å². The number of aliphatic hydroxyl groups is 1. The van der Waals surface area contributed by atoms with E-state index < -0.39 is 23.7 Å². The molecule has 0 spiro atoms. The minimum absolute atomic E-state index is 0.254. The van der Waals surface area contributed by atoms with E-state index in [9.17, 15) is 19.1 Å². The van der Waals surface area contributed by atoms with E-state index in [1.54, 1.807) is 45.9 Å². The second kappa shape index (κ2) is 12.7. The van der Waals surface area contributed by atoms with Crippen LogP contribution in [0.25, 0.3) is 11.1 Å². The average molecular weight is 535 g/mol. The van der Waals surface area contributed by atoms with Crippen LogP contribution >= 0.6 is 11.6 Å². The molecule has 2 atom stereocenters. The molecule has 1 saturated heterocycles. The van der Waals surface area contributed by atoms with Gasteiger partial charge in [-0.15, -0.1) is 0 Å². The number of nitrogens with zero attached hydrogens (tertiary/aromatic N) is 1. The van der Waals surface area contributed by atoms with Gasteiger partial charge in [-0.3, -0.25) is 9.69 Å². The quantitative estimate of drug-likeness (QED) is 0.425. The van der Waals surface area contributed by atoms with Crippen LogP contribution in [-0.2, 0) is 20.7 Å². The fourth-order valence-electron chi connectivity index (χ4n) is 4.34. The lowest BCUT2D eigenvalue weighted by Crippen LogP contribution is -2.53. The second-order valence-electron chi connectivity index (χ2n) is 10.4. The highest BCUT2D eigenvalue weighted by molar-refractivity contribution is 6.30. The number of carbonyl (C=O) groups is 2. The first-order chi connectivity index (χ1) is 17.4.